The van der Waals surface area contributed by atoms with Crippen LogP contribution in [-0.2, 0) is 4.79 Å². The summed E-state index contributed by atoms with van der Waals surface area (Å²) in [4.78, 5) is 29.9. The second kappa shape index (κ2) is 7.91. The lowest BCUT2D eigenvalue weighted by atomic mass is 9.89. The molecular formula is C21H27FN4O2. The van der Waals surface area contributed by atoms with Crippen molar-refractivity contribution in [3.8, 4) is 0 Å². The van der Waals surface area contributed by atoms with Gasteiger partial charge in [0.25, 0.3) is 5.91 Å². The minimum absolute atomic E-state index is 0.0647. The molecule has 1 aromatic heterocycles. The number of carbonyl (C=O) groups is 2. The van der Waals surface area contributed by atoms with E-state index in [1.165, 1.54) is 6.07 Å². The summed E-state index contributed by atoms with van der Waals surface area (Å²) >= 11 is 0. The quantitative estimate of drug-likeness (QED) is 0.758. The van der Waals surface area contributed by atoms with Gasteiger partial charge in [-0.2, -0.15) is 0 Å². The number of aromatic amines is 1. The number of hydrogen-bond acceptors (Lipinski definition) is 3. The number of H-pyrrole nitrogens is 1. The van der Waals surface area contributed by atoms with Crippen molar-refractivity contribution in [1.82, 2.24) is 20.5 Å². The zero-order valence-electron chi connectivity index (χ0n) is 16.2. The van der Waals surface area contributed by atoms with Crippen LogP contribution < -0.4 is 10.6 Å². The highest BCUT2D eigenvalue weighted by Gasteiger charge is 2.30. The van der Waals surface area contributed by atoms with Gasteiger partial charge in [-0.1, -0.05) is 6.07 Å². The molecule has 7 heteroatoms. The highest BCUT2D eigenvalue weighted by molar-refractivity contribution is 5.99. The van der Waals surface area contributed by atoms with Crippen molar-refractivity contribution in [2.75, 3.05) is 19.6 Å². The van der Waals surface area contributed by atoms with Gasteiger partial charge in [0.15, 0.2) is 0 Å². The standard InChI is InChI=1S/C21H27FN4O2/c1-13-6-7-17(22)16-11-18(25-20(13)16)21(28)24-14-4-2-5-15(10-14)26-9-3-8-23-19(27)12-26/h6-7,11,14-15,25H,2-5,8-10,12H2,1H3,(H,23,27)(H,24,28)/t14-,15+/m1/s1. The Balaban J connectivity index is 1.43. The molecule has 0 spiro atoms. The summed E-state index contributed by atoms with van der Waals surface area (Å²) in [6, 6.07) is 5.10. The molecule has 2 aromatic rings. The summed E-state index contributed by atoms with van der Waals surface area (Å²) in [5.41, 5.74) is 1.97. The van der Waals surface area contributed by atoms with Crippen molar-refractivity contribution in [2.45, 2.75) is 51.1 Å². The summed E-state index contributed by atoms with van der Waals surface area (Å²) in [5, 5.41) is 6.47. The summed E-state index contributed by atoms with van der Waals surface area (Å²) < 4.78 is 14.0. The summed E-state index contributed by atoms with van der Waals surface area (Å²) in [7, 11) is 0. The van der Waals surface area contributed by atoms with Gasteiger partial charge in [0.05, 0.1) is 12.1 Å². The third kappa shape index (κ3) is 3.90. The van der Waals surface area contributed by atoms with Crippen LogP contribution in [0.2, 0.25) is 0 Å². The minimum Gasteiger partial charge on any atom is -0.355 e. The number of carbonyl (C=O) groups excluding carboxylic acids is 2. The Morgan fingerprint density at radius 2 is 2.14 bits per heavy atom. The number of nitrogens with zero attached hydrogens (tertiary/aromatic N) is 1. The van der Waals surface area contributed by atoms with Crippen molar-refractivity contribution < 1.29 is 14.0 Å². The highest BCUT2D eigenvalue weighted by Crippen LogP contribution is 2.25. The average Bonchev–Trinajstić information content (AvgIpc) is 3.03. The van der Waals surface area contributed by atoms with E-state index < -0.39 is 0 Å². The van der Waals surface area contributed by atoms with Crippen LogP contribution in [0.5, 0.6) is 0 Å². The number of amides is 2. The van der Waals surface area contributed by atoms with Crippen LogP contribution >= 0.6 is 0 Å². The second-order valence-corrected chi connectivity index (χ2v) is 8.00. The van der Waals surface area contributed by atoms with Crippen molar-refractivity contribution in [3.63, 3.8) is 0 Å². The van der Waals surface area contributed by atoms with Crippen molar-refractivity contribution in [1.29, 1.82) is 0 Å². The molecule has 150 valence electrons. The van der Waals surface area contributed by atoms with Crippen LogP contribution in [0.25, 0.3) is 10.9 Å². The molecule has 6 nitrogen and oxygen atoms in total. The molecule has 2 aliphatic rings. The molecule has 1 saturated heterocycles. The smallest absolute Gasteiger partial charge is 0.267 e. The Bertz CT molecular complexity index is 855. The molecule has 0 unspecified atom stereocenters. The molecule has 2 amide bonds. The average molecular weight is 386 g/mol. The Hall–Kier alpha value is -2.41. The number of benzene rings is 1. The van der Waals surface area contributed by atoms with Crippen LogP contribution in [0.3, 0.4) is 0 Å². The van der Waals surface area contributed by atoms with Crippen LogP contribution in [0.1, 0.15) is 48.2 Å². The first-order valence-electron chi connectivity index (χ1n) is 10.1. The Kier molecular flexibility index (Phi) is 5.35. The topological polar surface area (TPSA) is 77.2 Å². The summed E-state index contributed by atoms with van der Waals surface area (Å²) in [6.45, 7) is 3.97. The van der Waals surface area contributed by atoms with E-state index in [2.05, 4.69) is 20.5 Å². The lowest BCUT2D eigenvalue weighted by Crippen LogP contribution is -2.47. The van der Waals surface area contributed by atoms with E-state index in [1.807, 2.05) is 6.92 Å². The van der Waals surface area contributed by atoms with Crippen molar-refractivity contribution >= 4 is 22.7 Å². The van der Waals surface area contributed by atoms with Gasteiger partial charge in [0.2, 0.25) is 5.91 Å². The predicted octanol–water partition coefficient (Wildman–Crippen LogP) is 2.48. The molecule has 0 bridgehead atoms. The number of hydrogen-bond donors (Lipinski definition) is 3. The second-order valence-electron chi connectivity index (χ2n) is 8.00. The van der Waals surface area contributed by atoms with Gasteiger partial charge in [-0.25, -0.2) is 4.39 Å². The zero-order chi connectivity index (χ0) is 19.7. The van der Waals surface area contributed by atoms with E-state index in [4.69, 9.17) is 0 Å². The van der Waals surface area contributed by atoms with Gasteiger partial charge in [0.1, 0.15) is 11.5 Å². The molecule has 2 fully saturated rings. The Labute approximate surface area is 163 Å². The molecule has 1 aromatic carbocycles. The molecule has 1 saturated carbocycles. The monoisotopic (exact) mass is 386 g/mol. The van der Waals surface area contributed by atoms with Gasteiger partial charge in [-0.05, 0) is 56.7 Å². The van der Waals surface area contributed by atoms with E-state index in [1.54, 1.807) is 12.1 Å². The lowest BCUT2D eigenvalue weighted by molar-refractivity contribution is -0.122. The first-order chi connectivity index (χ1) is 13.5. The van der Waals surface area contributed by atoms with Gasteiger partial charge in [-0.3, -0.25) is 14.5 Å². The van der Waals surface area contributed by atoms with E-state index in [0.717, 1.165) is 50.8 Å². The van der Waals surface area contributed by atoms with E-state index in [-0.39, 0.29) is 23.7 Å². The maximum atomic E-state index is 14.0. The van der Waals surface area contributed by atoms with Gasteiger partial charge >= 0.3 is 0 Å². The number of halogens is 1. The third-order valence-corrected chi connectivity index (χ3v) is 5.98. The van der Waals surface area contributed by atoms with Gasteiger partial charge in [-0.15, -0.1) is 0 Å². The fourth-order valence-corrected chi connectivity index (χ4v) is 4.48. The van der Waals surface area contributed by atoms with Crippen molar-refractivity contribution in [2.24, 2.45) is 0 Å². The lowest BCUT2D eigenvalue weighted by Gasteiger charge is -2.36. The minimum atomic E-state index is -0.326. The number of rotatable bonds is 3. The molecule has 4 rings (SSSR count). The van der Waals surface area contributed by atoms with Gasteiger partial charge < -0.3 is 15.6 Å². The van der Waals surface area contributed by atoms with Crippen LogP contribution in [-0.4, -0.2) is 53.4 Å². The highest BCUT2D eigenvalue weighted by atomic mass is 19.1. The number of nitrogens with one attached hydrogen (secondary N) is 3. The van der Waals surface area contributed by atoms with E-state index >= 15 is 0 Å². The summed E-state index contributed by atoms with van der Waals surface area (Å²) in [6.07, 6.45) is 4.80. The van der Waals surface area contributed by atoms with Crippen LogP contribution in [0.15, 0.2) is 18.2 Å². The third-order valence-electron chi connectivity index (χ3n) is 5.98. The SMILES string of the molecule is Cc1ccc(F)c2cc(C(=O)N[C@@H]3CCC[C@H](N4CCCNC(=O)C4)C3)[nH]c12. The fraction of sp³-hybridized carbons (Fsp3) is 0.524. The summed E-state index contributed by atoms with van der Waals surface area (Å²) in [5.74, 6) is -0.443. The number of aryl methyl sites for hydroxylation is 1. The van der Waals surface area contributed by atoms with Crippen LogP contribution in [0.4, 0.5) is 4.39 Å². The predicted molar refractivity (Wildman–Crippen MR) is 106 cm³/mol. The maximum Gasteiger partial charge on any atom is 0.267 e. The molecule has 28 heavy (non-hydrogen) atoms. The van der Waals surface area contributed by atoms with E-state index in [9.17, 15) is 14.0 Å². The van der Waals surface area contributed by atoms with Crippen LogP contribution in [0, 0.1) is 12.7 Å². The normalized spacial score (nSPS) is 24.0. The maximum absolute atomic E-state index is 14.0. The molecule has 3 N–H and O–H groups in total. The van der Waals surface area contributed by atoms with Gasteiger partial charge in [0, 0.05) is 30.6 Å². The zero-order valence-corrected chi connectivity index (χ0v) is 16.2. The molecule has 1 aliphatic carbocycles. The molecule has 0 radical (unpaired) electrons. The Morgan fingerprint density at radius 3 is 2.96 bits per heavy atom. The number of fused-ring (bicyclic) bond motifs is 1. The molecular weight excluding hydrogens is 359 g/mol. The first kappa shape index (κ1) is 18.9. The molecule has 2 heterocycles. The largest absolute Gasteiger partial charge is 0.355 e. The number of aromatic nitrogens is 1. The van der Waals surface area contributed by atoms with E-state index in [0.29, 0.717) is 29.2 Å². The Morgan fingerprint density at radius 1 is 1.29 bits per heavy atom. The molecule has 2 atom stereocenters. The van der Waals surface area contributed by atoms with Crippen molar-refractivity contribution in [3.05, 3.63) is 35.3 Å². The molecule has 1 aliphatic heterocycles. The fourth-order valence-electron chi connectivity index (χ4n) is 4.48. The first-order valence-corrected chi connectivity index (χ1v) is 10.1.